The van der Waals surface area contributed by atoms with Gasteiger partial charge in [0, 0.05) is 5.56 Å². The van der Waals surface area contributed by atoms with Crippen LogP contribution in [-0.4, -0.2) is 27.3 Å². The molecule has 0 N–H and O–H groups in total. The van der Waals surface area contributed by atoms with E-state index in [1.807, 2.05) is 38.1 Å². The summed E-state index contributed by atoms with van der Waals surface area (Å²) in [4.78, 5) is 12.6. The normalized spacial score (nSPS) is 10.3. The summed E-state index contributed by atoms with van der Waals surface area (Å²) in [5.74, 6) is 0.859. The quantitative estimate of drug-likeness (QED) is 0.497. The summed E-state index contributed by atoms with van der Waals surface area (Å²) in [5.41, 5.74) is 4.59. The van der Waals surface area contributed by atoms with Gasteiger partial charge in [-0.05, 0) is 50.3 Å². The van der Waals surface area contributed by atoms with Gasteiger partial charge in [-0.1, -0.05) is 42.0 Å². The monoisotopic (exact) mass is 368 g/mol. The van der Waals surface area contributed by atoms with Gasteiger partial charge in [-0.25, -0.2) is 4.79 Å². The third-order valence-electron chi connectivity index (χ3n) is 4.48. The van der Waals surface area contributed by atoms with Crippen molar-refractivity contribution in [3.63, 3.8) is 0 Å². The van der Waals surface area contributed by atoms with Gasteiger partial charge in [0.15, 0.2) is 0 Å². The van der Waals surface area contributed by atoms with E-state index in [0.29, 0.717) is 24.2 Å². The van der Waals surface area contributed by atoms with Gasteiger partial charge in [0.05, 0.1) is 21.3 Å². The molecular formula is C23H28O4. The number of ether oxygens (including phenoxy) is 3. The molecule has 4 heteroatoms. The van der Waals surface area contributed by atoms with Crippen LogP contribution in [0.1, 0.15) is 40.9 Å². The van der Waals surface area contributed by atoms with Gasteiger partial charge in [0.1, 0.15) is 17.1 Å². The third kappa shape index (κ3) is 5.13. The summed E-state index contributed by atoms with van der Waals surface area (Å²) in [6.07, 6.45) is 4.21. The Hall–Kier alpha value is -2.75. The molecule has 4 nitrogen and oxygen atoms in total. The molecule has 0 radical (unpaired) electrons. The van der Waals surface area contributed by atoms with Crippen LogP contribution < -0.4 is 9.47 Å². The number of hydrogen-bond acceptors (Lipinski definition) is 4. The maximum absolute atomic E-state index is 12.6. The standard InChI is InChI=1S/C23H28O4/c1-16(2)11-14-19-20(25-3)15-18(13-12-17-9-7-6-8-10-17)21(22(19)26-4)23(24)27-5/h6-11,15H,12-14H2,1-5H3. The minimum Gasteiger partial charge on any atom is -0.496 e. The molecule has 27 heavy (non-hydrogen) atoms. The Bertz CT molecular complexity index is 803. The van der Waals surface area contributed by atoms with Gasteiger partial charge in [-0.15, -0.1) is 0 Å². The van der Waals surface area contributed by atoms with Crippen LogP contribution in [0.15, 0.2) is 48.0 Å². The molecule has 0 saturated heterocycles. The largest absolute Gasteiger partial charge is 0.496 e. The molecular weight excluding hydrogens is 340 g/mol. The molecule has 2 rings (SSSR count). The zero-order valence-electron chi connectivity index (χ0n) is 16.8. The average molecular weight is 368 g/mol. The first kappa shape index (κ1) is 20.6. The fourth-order valence-electron chi connectivity index (χ4n) is 3.08. The second-order valence-corrected chi connectivity index (χ2v) is 6.59. The lowest BCUT2D eigenvalue weighted by molar-refractivity contribution is 0.0595. The Labute approximate surface area is 161 Å². The summed E-state index contributed by atoms with van der Waals surface area (Å²) in [6.45, 7) is 4.07. The van der Waals surface area contributed by atoms with Crippen molar-refractivity contribution in [3.05, 3.63) is 70.3 Å². The Kier molecular flexibility index (Phi) is 7.47. The molecule has 0 aliphatic heterocycles. The lowest BCUT2D eigenvalue weighted by atomic mass is 9.94. The molecule has 0 fully saturated rings. The van der Waals surface area contributed by atoms with Crippen molar-refractivity contribution in [2.24, 2.45) is 0 Å². The van der Waals surface area contributed by atoms with E-state index < -0.39 is 5.97 Å². The zero-order valence-corrected chi connectivity index (χ0v) is 16.8. The van der Waals surface area contributed by atoms with Crippen molar-refractivity contribution in [2.75, 3.05) is 21.3 Å². The fourth-order valence-corrected chi connectivity index (χ4v) is 3.08. The van der Waals surface area contributed by atoms with E-state index in [1.54, 1.807) is 14.2 Å². The van der Waals surface area contributed by atoms with Gasteiger partial charge in [-0.2, -0.15) is 0 Å². The molecule has 0 atom stereocenters. The second-order valence-electron chi connectivity index (χ2n) is 6.59. The first-order valence-corrected chi connectivity index (χ1v) is 9.04. The van der Waals surface area contributed by atoms with Gasteiger partial charge in [0.25, 0.3) is 0 Å². The molecule has 0 spiro atoms. The van der Waals surface area contributed by atoms with Crippen molar-refractivity contribution in [2.45, 2.75) is 33.1 Å². The number of methoxy groups -OCH3 is 3. The van der Waals surface area contributed by atoms with Crippen LogP contribution in [0.2, 0.25) is 0 Å². The summed E-state index contributed by atoms with van der Waals surface area (Å²) in [7, 11) is 4.61. The van der Waals surface area contributed by atoms with E-state index in [1.165, 1.54) is 18.2 Å². The second kappa shape index (κ2) is 9.81. The van der Waals surface area contributed by atoms with Crippen molar-refractivity contribution < 1.29 is 19.0 Å². The Morgan fingerprint density at radius 2 is 1.70 bits per heavy atom. The van der Waals surface area contributed by atoms with Crippen LogP contribution in [-0.2, 0) is 24.0 Å². The summed E-state index contributed by atoms with van der Waals surface area (Å²) in [5, 5.41) is 0. The van der Waals surface area contributed by atoms with Crippen LogP contribution in [0, 0.1) is 0 Å². The number of rotatable bonds is 8. The molecule has 0 unspecified atom stereocenters. The maximum atomic E-state index is 12.6. The zero-order chi connectivity index (χ0) is 19.8. The Morgan fingerprint density at radius 1 is 1.00 bits per heavy atom. The van der Waals surface area contributed by atoms with E-state index in [-0.39, 0.29) is 0 Å². The minimum atomic E-state index is -0.393. The molecule has 2 aromatic carbocycles. The SMILES string of the molecule is COC(=O)c1c(CCc2ccccc2)cc(OC)c(CC=C(C)C)c1OC. The van der Waals surface area contributed by atoms with Gasteiger partial charge >= 0.3 is 5.97 Å². The summed E-state index contributed by atoms with van der Waals surface area (Å²) < 4.78 is 16.3. The van der Waals surface area contributed by atoms with E-state index in [4.69, 9.17) is 14.2 Å². The first-order chi connectivity index (χ1) is 13.0. The van der Waals surface area contributed by atoms with Crippen LogP contribution in [0.3, 0.4) is 0 Å². The smallest absolute Gasteiger partial charge is 0.341 e. The Morgan fingerprint density at radius 3 is 2.26 bits per heavy atom. The maximum Gasteiger partial charge on any atom is 0.341 e. The number of hydrogen-bond donors (Lipinski definition) is 0. The Balaban J connectivity index is 2.53. The predicted octanol–water partition coefficient (Wildman–Crippen LogP) is 4.78. The number of carbonyl (C=O) groups excluding carboxylic acids is 1. The first-order valence-electron chi connectivity index (χ1n) is 9.04. The van der Waals surface area contributed by atoms with Gasteiger partial charge in [0.2, 0.25) is 0 Å². The number of allylic oxidation sites excluding steroid dienone is 2. The number of aryl methyl sites for hydroxylation is 2. The molecule has 0 aromatic heterocycles. The van der Waals surface area contributed by atoms with Crippen LogP contribution >= 0.6 is 0 Å². The number of carbonyl (C=O) groups is 1. The van der Waals surface area contributed by atoms with Crippen LogP contribution in [0.5, 0.6) is 11.5 Å². The highest BCUT2D eigenvalue weighted by molar-refractivity contribution is 5.95. The molecule has 0 aliphatic carbocycles. The van der Waals surface area contributed by atoms with Crippen molar-refractivity contribution >= 4 is 5.97 Å². The average Bonchev–Trinajstić information content (AvgIpc) is 2.69. The number of esters is 1. The number of benzene rings is 2. The van der Waals surface area contributed by atoms with E-state index in [9.17, 15) is 4.79 Å². The third-order valence-corrected chi connectivity index (χ3v) is 4.48. The molecule has 144 valence electrons. The predicted molar refractivity (Wildman–Crippen MR) is 108 cm³/mol. The molecule has 2 aromatic rings. The van der Waals surface area contributed by atoms with Crippen molar-refractivity contribution in [1.82, 2.24) is 0 Å². The van der Waals surface area contributed by atoms with E-state index >= 15 is 0 Å². The highest BCUT2D eigenvalue weighted by Gasteiger charge is 2.24. The summed E-state index contributed by atoms with van der Waals surface area (Å²) in [6, 6.07) is 12.1. The topological polar surface area (TPSA) is 44.8 Å². The summed E-state index contributed by atoms with van der Waals surface area (Å²) >= 11 is 0. The molecule has 0 heterocycles. The highest BCUT2D eigenvalue weighted by atomic mass is 16.5. The molecule has 0 amide bonds. The van der Waals surface area contributed by atoms with Crippen LogP contribution in [0.25, 0.3) is 0 Å². The molecule has 0 bridgehead atoms. The molecule has 0 aliphatic rings. The van der Waals surface area contributed by atoms with E-state index in [2.05, 4.69) is 18.2 Å². The van der Waals surface area contributed by atoms with Crippen molar-refractivity contribution in [3.8, 4) is 11.5 Å². The fraction of sp³-hybridized carbons (Fsp3) is 0.348. The van der Waals surface area contributed by atoms with Gasteiger partial charge < -0.3 is 14.2 Å². The lowest BCUT2D eigenvalue weighted by Crippen LogP contribution is -2.12. The van der Waals surface area contributed by atoms with Gasteiger partial charge in [-0.3, -0.25) is 0 Å². The van der Waals surface area contributed by atoms with Crippen molar-refractivity contribution in [1.29, 1.82) is 0 Å². The minimum absolute atomic E-state index is 0.393. The molecule has 0 saturated carbocycles. The van der Waals surface area contributed by atoms with Crippen LogP contribution in [0.4, 0.5) is 0 Å². The highest BCUT2D eigenvalue weighted by Crippen LogP contribution is 2.37. The van der Waals surface area contributed by atoms with E-state index in [0.717, 1.165) is 23.3 Å². The lowest BCUT2D eigenvalue weighted by Gasteiger charge is -2.19.